The predicted octanol–water partition coefficient (Wildman–Crippen LogP) is 2.68. The molecule has 1 N–H and O–H groups in total. The summed E-state index contributed by atoms with van der Waals surface area (Å²) >= 11 is 0. The number of carboxylic acids is 1. The number of likely N-dealkylation sites (tertiary alicyclic amines) is 1. The Morgan fingerprint density at radius 2 is 2.06 bits per heavy atom. The van der Waals surface area contributed by atoms with Crippen LogP contribution in [0.4, 0.5) is 0 Å². The van der Waals surface area contributed by atoms with Gasteiger partial charge >= 0.3 is 5.97 Å². The number of hydrogen-bond donors (Lipinski definition) is 1. The van der Waals surface area contributed by atoms with Crippen LogP contribution in [0.3, 0.4) is 0 Å². The highest BCUT2D eigenvalue weighted by Gasteiger charge is 2.19. The van der Waals surface area contributed by atoms with E-state index in [0.717, 1.165) is 12.1 Å². The molecule has 1 aromatic rings. The minimum atomic E-state index is -0.764. The zero-order valence-electron chi connectivity index (χ0n) is 11.1. The van der Waals surface area contributed by atoms with Crippen molar-refractivity contribution in [3.63, 3.8) is 0 Å². The second-order valence-corrected chi connectivity index (χ2v) is 5.33. The first kappa shape index (κ1) is 13.1. The minimum Gasteiger partial charge on any atom is -0.481 e. The summed E-state index contributed by atoms with van der Waals surface area (Å²) < 4.78 is 0. The first-order chi connectivity index (χ1) is 8.58. The van der Waals surface area contributed by atoms with Gasteiger partial charge in [0.2, 0.25) is 0 Å². The lowest BCUT2D eigenvalue weighted by Gasteiger charge is -2.30. The number of benzene rings is 1. The monoisotopic (exact) mass is 247 g/mol. The van der Waals surface area contributed by atoms with E-state index in [1.165, 1.54) is 24.9 Å². The molecule has 98 valence electrons. The van der Waals surface area contributed by atoms with Gasteiger partial charge in [0.1, 0.15) is 0 Å². The molecule has 2 rings (SSSR count). The highest BCUT2D eigenvalue weighted by Crippen LogP contribution is 2.27. The van der Waals surface area contributed by atoms with Crippen molar-refractivity contribution in [2.45, 2.75) is 31.6 Å². The summed E-state index contributed by atoms with van der Waals surface area (Å²) in [6, 6.07) is 8.11. The first-order valence-corrected chi connectivity index (χ1v) is 6.59. The van der Waals surface area contributed by atoms with Gasteiger partial charge < -0.3 is 10.0 Å². The fourth-order valence-corrected chi connectivity index (χ4v) is 2.64. The zero-order chi connectivity index (χ0) is 13.1. The van der Waals surface area contributed by atoms with Crippen LogP contribution in [0.25, 0.3) is 0 Å². The van der Waals surface area contributed by atoms with Gasteiger partial charge in [-0.2, -0.15) is 0 Å². The van der Waals surface area contributed by atoms with Crippen molar-refractivity contribution < 1.29 is 9.90 Å². The molecule has 1 aromatic carbocycles. The molecule has 0 radical (unpaired) electrons. The van der Waals surface area contributed by atoms with Crippen LogP contribution in [0.2, 0.25) is 0 Å². The van der Waals surface area contributed by atoms with Crippen molar-refractivity contribution in [1.29, 1.82) is 0 Å². The summed E-state index contributed by atoms with van der Waals surface area (Å²) in [5.74, 6) is -0.592. The molecule has 1 fully saturated rings. The fourth-order valence-electron chi connectivity index (χ4n) is 2.64. The van der Waals surface area contributed by atoms with Gasteiger partial charge in [-0.1, -0.05) is 24.3 Å². The van der Waals surface area contributed by atoms with Crippen LogP contribution >= 0.6 is 0 Å². The maximum Gasteiger partial charge on any atom is 0.310 e. The summed E-state index contributed by atoms with van der Waals surface area (Å²) in [7, 11) is 2.16. The maximum absolute atomic E-state index is 10.9. The molecular weight excluding hydrogens is 226 g/mol. The number of carbonyl (C=O) groups is 1. The number of rotatable bonds is 3. The molecule has 0 aliphatic carbocycles. The molecular formula is C15H21NO2. The molecule has 1 aliphatic rings. The largest absolute Gasteiger partial charge is 0.481 e. The zero-order valence-corrected chi connectivity index (χ0v) is 11.1. The van der Waals surface area contributed by atoms with E-state index in [9.17, 15) is 4.79 Å². The summed E-state index contributed by atoms with van der Waals surface area (Å²) in [6.07, 6.45) is 2.48. The van der Waals surface area contributed by atoms with Crippen LogP contribution in [0, 0.1) is 0 Å². The molecule has 1 aliphatic heterocycles. The number of carboxylic acid groups (broad SMARTS) is 1. The van der Waals surface area contributed by atoms with Crippen molar-refractivity contribution in [2.75, 3.05) is 20.1 Å². The molecule has 0 spiro atoms. The van der Waals surface area contributed by atoms with E-state index in [-0.39, 0.29) is 0 Å². The second kappa shape index (κ2) is 5.53. The molecule has 1 heterocycles. The van der Waals surface area contributed by atoms with Crippen LogP contribution in [0.15, 0.2) is 24.3 Å². The highest BCUT2D eigenvalue weighted by atomic mass is 16.4. The first-order valence-electron chi connectivity index (χ1n) is 6.59. The van der Waals surface area contributed by atoms with Gasteiger partial charge in [0.15, 0.2) is 0 Å². The van der Waals surface area contributed by atoms with Crippen LogP contribution in [-0.2, 0) is 4.79 Å². The summed E-state index contributed by atoms with van der Waals surface area (Å²) in [5, 5.41) is 8.98. The van der Waals surface area contributed by atoms with Gasteiger partial charge in [-0.3, -0.25) is 4.79 Å². The SMILES string of the molecule is CC(C(=O)O)c1ccc(C2CCCN(C)C2)cc1. The van der Waals surface area contributed by atoms with E-state index < -0.39 is 11.9 Å². The number of piperidine rings is 1. The fraction of sp³-hybridized carbons (Fsp3) is 0.533. The molecule has 0 amide bonds. The molecule has 0 aromatic heterocycles. The van der Waals surface area contributed by atoms with E-state index in [1.54, 1.807) is 6.92 Å². The third-order valence-electron chi connectivity index (χ3n) is 3.90. The Bertz CT molecular complexity index is 413. The number of nitrogens with zero attached hydrogens (tertiary/aromatic N) is 1. The topological polar surface area (TPSA) is 40.5 Å². The lowest BCUT2D eigenvalue weighted by molar-refractivity contribution is -0.138. The highest BCUT2D eigenvalue weighted by molar-refractivity contribution is 5.75. The van der Waals surface area contributed by atoms with Gasteiger partial charge in [-0.05, 0) is 50.4 Å². The maximum atomic E-state index is 10.9. The van der Waals surface area contributed by atoms with Crippen LogP contribution in [-0.4, -0.2) is 36.1 Å². The molecule has 2 unspecified atom stereocenters. The van der Waals surface area contributed by atoms with Gasteiger partial charge in [0.25, 0.3) is 0 Å². The van der Waals surface area contributed by atoms with Crippen LogP contribution < -0.4 is 0 Å². The number of aliphatic carboxylic acids is 1. The predicted molar refractivity (Wildman–Crippen MR) is 72.0 cm³/mol. The van der Waals surface area contributed by atoms with Crippen LogP contribution in [0.1, 0.15) is 42.7 Å². The second-order valence-electron chi connectivity index (χ2n) is 5.33. The number of hydrogen-bond acceptors (Lipinski definition) is 2. The van der Waals surface area contributed by atoms with Crippen molar-refractivity contribution in [2.24, 2.45) is 0 Å². The molecule has 18 heavy (non-hydrogen) atoms. The van der Waals surface area contributed by atoms with Crippen LogP contribution in [0.5, 0.6) is 0 Å². The van der Waals surface area contributed by atoms with Crippen molar-refractivity contribution in [3.8, 4) is 0 Å². The molecule has 1 saturated heterocycles. The van der Waals surface area contributed by atoms with E-state index in [2.05, 4.69) is 24.1 Å². The normalized spacial score (nSPS) is 22.7. The Morgan fingerprint density at radius 3 is 2.61 bits per heavy atom. The lowest BCUT2D eigenvalue weighted by atomic mass is 9.89. The van der Waals surface area contributed by atoms with E-state index in [0.29, 0.717) is 5.92 Å². The molecule has 3 heteroatoms. The minimum absolute atomic E-state index is 0.423. The molecule has 0 saturated carbocycles. The quantitative estimate of drug-likeness (QED) is 0.892. The summed E-state index contributed by atoms with van der Waals surface area (Å²) in [6.45, 7) is 4.02. The third-order valence-corrected chi connectivity index (χ3v) is 3.90. The Balaban J connectivity index is 2.09. The smallest absolute Gasteiger partial charge is 0.310 e. The standard InChI is InChI=1S/C15H21NO2/c1-11(15(17)18)12-5-7-13(8-6-12)14-4-3-9-16(2)10-14/h5-8,11,14H,3-4,9-10H2,1-2H3,(H,17,18). The van der Waals surface area contributed by atoms with Gasteiger partial charge in [-0.15, -0.1) is 0 Å². The lowest BCUT2D eigenvalue weighted by Crippen LogP contribution is -2.30. The Hall–Kier alpha value is -1.35. The average molecular weight is 247 g/mol. The molecule has 0 bridgehead atoms. The van der Waals surface area contributed by atoms with Gasteiger partial charge in [0.05, 0.1) is 5.92 Å². The Labute approximate surface area is 108 Å². The molecule has 3 nitrogen and oxygen atoms in total. The summed E-state index contributed by atoms with van der Waals surface area (Å²) in [4.78, 5) is 13.3. The van der Waals surface area contributed by atoms with Crippen molar-refractivity contribution in [3.05, 3.63) is 35.4 Å². The van der Waals surface area contributed by atoms with E-state index in [4.69, 9.17) is 5.11 Å². The van der Waals surface area contributed by atoms with Gasteiger partial charge in [-0.25, -0.2) is 0 Å². The average Bonchev–Trinajstić information content (AvgIpc) is 2.38. The number of likely N-dealkylation sites (N-methyl/N-ethyl adjacent to an activating group) is 1. The van der Waals surface area contributed by atoms with Crippen molar-refractivity contribution >= 4 is 5.97 Å². The molecule has 2 atom stereocenters. The third kappa shape index (κ3) is 2.91. The Kier molecular flexibility index (Phi) is 4.02. The Morgan fingerprint density at radius 1 is 1.39 bits per heavy atom. The van der Waals surface area contributed by atoms with Gasteiger partial charge in [0, 0.05) is 6.54 Å². The summed E-state index contributed by atoms with van der Waals surface area (Å²) in [5.41, 5.74) is 2.22. The van der Waals surface area contributed by atoms with E-state index in [1.807, 2.05) is 12.1 Å². The van der Waals surface area contributed by atoms with Crippen molar-refractivity contribution in [1.82, 2.24) is 4.90 Å². The van der Waals surface area contributed by atoms with E-state index >= 15 is 0 Å².